The number of hydrogen-bond acceptors (Lipinski definition) is 4. The fourth-order valence-electron chi connectivity index (χ4n) is 3.03. The normalized spacial score (nSPS) is 19.5. The van der Waals surface area contributed by atoms with Crippen LogP contribution >= 0.6 is 11.3 Å². The minimum atomic E-state index is -1.10. The number of para-hydroxylation sites is 1. The van der Waals surface area contributed by atoms with Gasteiger partial charge < -0.3 is 15.2 Å². The van der Waals surface area contributed by atoms with Gasteiger partial charge in [-0.05, 0) is 23.6 Å². The Bertz CT molecular complexity index is 871. The standard InChI is InChI=1S/C19H17NO3S/c21-18(17-11-13-5-1-4-8-16(13)24-17)20-12-19(22)9-10-23-15-7-3-2-6-14(15)19/h1-8,11,22H,9-10,12H2,(H,20,21)/t19-/m0/s1. The average Bonchev–Trinajstić information content (AvgIpc) is 3.04. The van der Waals surface area contributed by atoms with E-state index in [4.69, 9.17) is 4.74 Å². The van der Waals surface area contributed by atoms with Crippen LogP contribution in [0, 0.1) is 0 Å². The number of thiophene rings is 1. The number of rotatable bonds is 3. The first-order valence-electron chi connectivity index (χ1n) is 7.87. The molecule has 0 saturated heterocycles. The fraction of sp³-hybridized carbons (Fsp3) is 0.211. The number of aliphatic hydroxyl groups is 1. The van der Waals surface area contributed by atoms with Crippen LogP contribution in [0.1, 0.15) is 21.7 Å². The molecule has 1 amide bonds. The van der Waals surface area contributed by atoms with Crippen molar-refractivity contribution in [1.82, 2.24) is 5.32 Å². The van der Waals surface area contributed by atoms with E-state index in [1.165, 1.54) is 11.3 Å². The number of ether oxygens (including phenoxy) is 1. The molecule has 1 aliphatic rings. The molecular weight excluding hydrogens is 322 g/mol. The van der Waals surface area contributed by atoms with E-state index in [2.05, 4.69) is 5.32 Å². The van der Waals surface area contributed by atoms with Crippen molar-refractivity contribution in [3.63, 3.8) is 0 Å². The first-order valence-corrected chi connectivity index (χ1v) is 8.69. The van der Waals surface area contributed by atoms with Crippen LogP contribution in [-0.4, -0.2) is 24.2 Å². The number of carbonyl (C=O) groups excluding carboxylic acids is 1. The molecule has 0 radical (unpaired) electrons. The summed E-state index contributed by atoms with van der Waals surface area (Å²) in [5, 5.41) is 14.9. The van der Waals surface area contributed by atoms with E-state index in [1.54, 1.807) is 0 Å². The lowest BCUT2D eigenvalue weighted by atomic mass is 9.88. The first kappa shape index (κ1) is 15.2. The second kappa shape index (κ2) is 5.92. The monoisotopic (exact) mass is 339 g/mol. The van der Waals surface area contributed by atoms with Gasteiger partial charge in [-0.15, -0.1) is 11.3 Å². The van der Waals surface area contributed by atoms with Crippen LogP contribution in [0.2, 0.25) is 0 Å². The Labute approximate surface area is 143 Å². The number of hydrogen-bond donors (Lipinski definition) is 2. The van der Waals surface area contributed by atoms with Crippen molar-refractivity contribution in [2.75, 3.05) is 13.2 Å². The van der Waals surface area contributed by atoms with Gasteiger partial charge in [0.05, 0.1) is 18.0 Å². The molecule has 24 heavy (non-hydrogen) atoms. The number of amides is 1. The summed E-state index contributed by atoms with van der Waals surface area (Å²) in [6.45, 7) is 0.604. The maximum atomic E-state index is 12.5. The Morgan fingerprint density at radius 2 is 2.00 bits per heavy atom. The summed E-state index contributed by atoms with van der Waals surface area (Å²) in [5.41, 5.74) is -0.367. The molecule has 4 rings (SSSR count). The van der Waals surface area contributed by atoms with Gasteiger partial charge in [0.15, 0.2) is 0 Å². The van der Waals surface area contributed by atoms with E-state index in [0.717, 1.165) is 15.6 Å². The van der Waals surface area contributed by atoms with Crippen LogP contribution in [0.5, 0.6) is 5.75 Å². The Hall–Kier alpha value is -2.37. The molecule has 0 fully saturated rings. The molecule has 0 saturated carbocycles. The Morgan fingerprint density at radius 1 is 1.21 bits per heavy atom. The highest BCUT2D eigenvalue weighted by atomic mass is 32.1. The van der Waals surface area contributed by atoms with E-state index in [-0.39, 0.29) is 12.5 Å². The number of benzene rings is 2. The topological polar surface area (TPSA) is 58.6 Å². The van der Waals surface area contributed by atoms with Crippen LogP contribution in [0.3, 0.4) is 0 Å². The van der Waals surface area contributed by atoms with Crippen LogP contribution in [0.15, 0.2) is 54.6 Å². The van der Waals surface area contributed by atoms with Gasteiger partial charge in [0.1, 0.15) is 11.4 Å². The molecule has 0 unspecified atom stereocenters. The second-order valence-electron chi connectivity index (χ2n) is 5.96. The number of nitrogens with one attached hydrogen (secondary N) is 1. The van der Waals surface area contributed by atoms with Gasteiger partial charge in [-0.25, -0.2) is 0 Å². The lowest BCUT2D eigenvalue weighted by molar-refractivity contribution is -0.00157. The van der Waals surface area contributed by atoms with E-state index >= 15 is 0 Å². The molecule has 2 heterocycles. The zero-order valence-corrected chi connectivity index (χ0v) is 13.8. The number of carbonyl (C=O) groups is 1. The van der Waals surface area contributed by atoms with E-state index in [9.17, 15) is 9.90 Å². The molecule has 1 aliphatic heterocycles. The zero-order chi connectivity index (χ0) is 16.6. The molecule has 5 heteroatoms. The quantitative estimate of drug-likeness (QED) is 0.770. The molecular formula is C19H17NO3S. The zero-order valence-electron chi connectivity index (χ0n) is 13.0. The maximum absolute atomic E-state index is 12.5. The third-order valence-electron chi connectivity index (χ3n) is 4.35. The summed E-state index contributed by atoms with van der Waals surface area (Å²) in [4.78, 5) is 13.1. The van der Waals surface area contributed by atoms with Crippen molar-refractivity contribution in [2.45, 2.75) is 12.0 Å². The molecule has 122 valence electrons. The van der Waals surface area contributed by atoms with Crippen molar-refractivity contribution in [3.8, 4) is 5.75 Å². The molecule has 0 aliphatic carbocycles. The van der Waals surface area contributed by atoms with Gasteiger partial charge in [-0.3, -0.25) is 4.79 Å². The highest BCUT2D eigenvalue weighted by Crippen LogP contribution is 2.36. The molecule has 0 bridgehead atoms. The highest BCUT2D eigenvalue weighted by Gasteiger charge is 2.35. The van der Waals surface area contributed by atoms with Crippen molar-refractivity contribution in [1.29, 1.82) is 0 Å². The van der Waals surface area contributed by atoms with Gasteiger partial charge in [0, 0.05) is 16.7 Å². The van der Waals surface area contributed by atoms with Crippen LogP contribution in [0.4, 0.5) is 0 Å². The Kier molecular flexibility index (Phi) is 3.75. The summed E-state index contributed by atoms with van der Waals surface area (Å²) < 4.78 is 6.66. The molecule has 4 nitrogen and oxygen atoms in total. The molecule has 0 spiro atoms. The lowest BCUT2D eigenvalue weighted by Crippen LogP contribution is -2.43. The van der Waals surface area contributed by atoms with Crippen LogP contribution in [0.25, 0.3) is 10.1 Å². The summed E-state index contributed by atoms with van der Waals surface area (Å²) in [6.07, 6.45) is 0.455. The summed E-state index contributed by atoms with van der Waals surface area (Å²) in [7, 11) is 0. The lowest BCUT2D eigenvalue weighted by Gasteiger charge is -2.34. The molecule has 1 aromatic heterocycles. The van der Waals surface area contributed by atoms with Gasteiger partial charge in [-0.2, -0.15) is 0 Å². The van der Waals surface area contributed by atoms with E-state index in [0.29, 0.717) is 23.7 Å². The maximum Gasteiger partial charge on any atom is 0.261 e. The average molecular weight is 339 g/mol. The third-order valence-corrected chi connectivity index (χ3v) is 5.47. The van der Waals surface area contributed by atoms with Gasteiger partial charge >= 0.3 is 0 Å². The van der Waals surface area contributed by atoms with Crippen molar-refractivity contribution < 1.29 is 14.6 Å². The summed E-state index contributed by atoms with van der Waals surface area (Å²) in [6, 6.07) is 17.2. The van der Waals surface area contributed by atoms with Crippen molar-refractivity contribution in [3.05, 3.63) is 65.0 Å². The molecule has 2 aromatic carbocycles. The van der Waals surface area contributed by atoms with Crippen LogP contribution in [-0.2, 0) is 5.60 Å². The predicted octanol–water partition coefficient (Wildman–Crippen LogP) is 3.30. The van der Waals surface area contributed by atoms with Gasteiger partial charge in [0.2, 0.25) is 0 Å². The largest absolute Gasteiger partial charge is 0.493 e. The minimum absolute atomic E-state index is 0.159. The Balaban J connectivity index is 1.53. The van der Waals surface area contributed by atoms with E-state index in [1.807, 2.05) is 54.6 Å². The molecule has 3 aromatic rings. The van der Waals surface area contributed by atoms with E-state index < -0.39 is 5.60 Å². The Morgan fingerprint density at radius 3 is 2.88 bits per heavy atom. The van der Waals surface area contributed by atoms with Crippen molar-refractivity contribution >= 4 is 27.3 Å². The number of fused-ring (bicyclic) bond motifs is 2. The van der Waals surface area contributed by atoms with Crippen LogP contribution < -0.4 is 10.1 Å². The highest BCUT2D eigenvalue weighted by molar-refractivity contribution is 7.20. The first-order chi connectivity index (χ1) is 11.7. The smallest absolute Gasteiger partial charge is 0.261 e. The predicted molar refractivity (Wildman–Crippen MR) is 94.6 cm³/mol. The van der Waals surface area contributed by atoms with Gasteiger partial charge in [-0.1, -0.05) is 36.4 Å². The molecule has 2 N–H and O–H groups in total. The SMILES string of the molecule is O=C(NC[C@@]1(O)CCOc2ccccc21)c1cc2ccccc2s1. The summed E-state index contributed by atoms with van der Waals surface area (Å²) >= 11 is 1.46. The van der Waals surface area contributed by atoms with Crippen molar-refractivity contribution in [2.24, 2.45) is 0 Å². The summed E-state index contributed by atoms with van der Waals surface area (Å²) in [5.74, 6) is 0.524. The van der Waals surface area contributed by atoms with Gasteiger partial charge in [0.25, 0.3) is 5.91 Å². The third kappa shape index (κ3) is 2.66. The minimum Gasteiger partial charge on any atom is -0.493 e. The second-order valence-corrected chi connectivity index (χ2v) is 7.04. The fourth-order valence-corrected chi connectivity index (χ4v) is 4.01. The molecule has 1 atom stereocenters.